The number of carbonyl (C=O) groups excluding carboxylic acids is 2. The smallest absolute Gasteiger partial charge is 0.269 e. The van der Waals surface area contributed by atoms with Gasteiger partial charge < -0.3 is 10.2 Å². The standard InChI is InChI=1S/C28H32N4O6S/c1-20(2)29-28(34)22(4)30(18-23-11-9-8-10-21(23)3)27(33)19-31(24-14-16-25(17-15-24)32(35)36)39(37,38)26-12-6-5-7-13-26/h5-17,20,22H,18-19H2,1-4H3,(H,29,34)/t22-/m1/s1. The lowest BCUT2D eigenvalue weighted by Crippen LogP contribution is -2.52. The van der Waals surface area contributed by atoms with Gasteiger partial charge in [-0.1, -0.05) is 42.5 Å². The molecule has 206 valence electrons. The molecule has 1 N–H and O–H groups in total. The summed E-state index contributed by atoms with van der Waals surface area (Å²) in [5.74, 6) is -0.984. The highest BCUT2D eigenvalue weighted by Gasteiger charge is 2.33. The van der Waals surface area contributed by atoms with Crippen LogP contribution >= 0.6 is 0 Å². The number of nitro benzene ring substituents is 1. The summed E-state index contributed by atoms with van der Waals surface area (Å²) in [6.45, 7) is 6.55. The Morgan fingerprint density at radius 1 is 0.923 bits per heavy atom. The fourth-order valence-electron chi connectivity index (χ4n) is 3.95. The molecule has 3 rings (SSSR count). The zero-order valence-electron chi connectivity index (χ0n) is 22.3. The van der Waals surface area contributed by atoms with Gasteiger partial charge in [0.25, 0.3) is 15.7 Å². The van der Waals surface area contributed by atoms with Crippen molar-refractivity contribution in [1.82, 2.24) is 10.2 Å². The van der Waals surface area contributed by atoms with Crippen LogP contribution in [0.25, 0.3) is 0 Å². The third-order valence-electron chi connectivity index (χ3n) is 6.16. The summed E-state index contributed by atoms with van der Waals surface area (Å²) in [5, 5.41) is 14.0. The third-order valence-corrected chi connectivity index (χ3v) is 7.95. The van der Waals surface area contributed by atoms with Gasteiger partial charge in [0.2, 0.25) is 11.8 Å². The molecule has 0 radical (unpaired) electrons. The Morgan fingerprint density at radius 2 is 1.51 bits per heavy atom. The van der Waals surface area contributed by atoms with Crippen molar-refractivity contribution in [2.45, 2.75) is 51.2 Å². The molecule has 3 aromatic carbocycles. The second kappa shape index (κ2) is 12.5. The number of nitrogens with one attached hydrogen (secondary N) is 1. The second-order valence-electron chi connectivity index (χ2n) is 9.39. The number of non-ortho nitro benzene ring substituents is 1. The average Bonchev–Trinajstić information content (AvgIpc) is 2.90. The molecule has 0 bridgehead atoms. The molecule has 0 aliphatic heterocycles. The molecule has 2 amide bonds. The Morgan fingerprint density at radius 3 is 2.08 bits per heavy atom. The van der Waals surface area contributed by atoms with Gasteiger partial charge in [-0.3, -0.25) is 24.0 Å². The Bertz CT molecular complexity index is 1430. The maximum absolute atomic E-state index is 13.9. The highest BCUT2D eigenvalue weighted by atomic mass is 32.2. The van der Waals surface area contributed by atoms with Crippen molar-refractivity contribution >= 4 is 33.2 Å². The van der Waals surface area contributed by atoms with Crippen molar-refractivity contribution in [3.63, 3.8) is 0 Å². The van der Waals surface area contributed by atoms with Crippen LogP contribution in [0.15, 0.2) is 83.8 Å². The SMILES string of the molecule is Cc1ccccc1CN(C(=O)CN(c1ccc([N+](=O)[O-])cc1)S(=O)(=O)c1ccccc1)[C@H](C)C(=O)NC(C)C. The number of nitrogens with zero attached hydrogens (tertiary/aromatic N) is 3. The van der Waals surface area contributed by atoms with E-state index >= 15 is 0 Å². The number of hydrogen-bond acceptors (Lipinski definition) is 6. The number of aryl methyl sites for hydroxylation is 1. The Kier molecular flexibility index (Phi) is 9.42. The fourth-order valence-corrected chi connectivity index (χ4v) is 5.38. The topological polar surface area (TPSA) is 130 Å². The maximum atomic E-state index is 13.9. The second-order valence-corrected chi connectivity index (χ2v) is 11.2. The summed E-state index contributed by atoms with van der Waals surface area (Å²) in [7, 11) is -4.25. The van der Waals surface area contributed by atoms with E-state index in [-0.39, 0.29) is 34.8 Å². The Labute approximate surface area is 228 Å². The first-order valence-corrected chi connectivity index (χ1v) is 13.8. The number of hydrogen-bond donors (Lipinski definition) is 1. The van der Waals surface area contributed by atoms with Gasteiger partial charge >= 0.3 is 0 Å². The molecule has 0 saturated carbocycles. The normalized spacial score (nSPS) is 12.0. The molecule has 10 nitrogen and oxygen atoms in total. The number of rotatable bonds is 11. The maximum Gasteiger partial charge on any atom is 0.269 e. The minimum absolute atomic E-state index is 0.0489. The van der Waals surface area contributed by atoms with Gasteiger partial charge in [0.15, 0.2) is 0 Å². The van der Waals surface area contributed by atoms with Gasteiger partial charge in [0.05, 0.1) is 15.5 Å². The molecule has 0 unspecified atom stereocenters. The van der Waals surface area contributed by atoms with Crippen molar-refractivity contribution in [2.24, 2.45) is 0 Å². The fraction of sp³-hybridized carbons (Fsp3) is 0.286. The van der Waals surface area contributed by atoms with Crippen LogP contribution in [0.2, 0.25) is 0 Å². The molecule has 11 heteroatoms. The van der Waals surface area contributed by atoms with Crippen LogP contribution in [0.5, 0.6) is 0 Å². The van der Waals surface area contributed by atoms with E-state index in [2.05, 4.69) is 5.32 Å². The minimum Gasteiger partial charge on any atom is -0.352 e. The first kappa shape index (κ1) is 29.3. The Balaban J connectivity index is 2.05. The van der Waals surface area contributed by atoms with E-state index in [1.165, 1.54) is 41.3 Å². The van der Waals surface area contributed by atoms with E-state index in [4.69, 9.17) is 0 Å². The summed E-state index contributed by atoms with van der Waals surface area (Å²) in [6.07, 6.45) is 0. The molecule has 3 aromatic rings. The highest BCUT2D eigenvalue weighted by molar-refractivity contribution is 7.92. The van der Waals surface area contributed by atoms with Crippen molar-refractivity contribution < 1.29 is 22.9 Å². The van der Waals surface area contributed by atoms with Gasteiger partial charge in [-0.05, 0) is 63.1 Å². The molecule has 0 heterocycles. The highest BCUT2D eigenvalue weighted by Crippen LogP contribution is 2.26. The zero-order valence-corrected chi connectivity index (χ0v) is 23.1. The van der Waals surface area contributed by atoms with Crippen molar-refractivity contribution in [1.29, 1.82) is 0 Å². The summed E-state index contributed by atoms with van der Waals surface area (Å²) in [5.41, 5.74) is 1.58. The molecule has 0 aromatic heterocycles. The molecule has 0 aliphatic carbocycles. The number of anilines is 1. The number of nitro groups is 1. The third kappa shape index (κ3) is 7.20. The van der Waals surface area contributed by atoms with E-state index in [0.29, 0.717) is 0 Å². The number of carbonyl (C=O) groups is 2. The van der Waals surface area contributed by atoms with Crippen LogP contribution in [0.1, 0.15) is 31.9 Å². The number of amides is 2. The van der Waals surface area contributed by atoms with Crippen molar-refractivity contribution in [3.05, 3.63) is 100 Å². The number of sulfonamides is 1. The van der Waals surface area contributed by atoms with Gasteiger partial charge in [-0.15, -0.1) is 0 Å². The molecular weight excluding hydrogens is 520 g/mol. The predicted molar refractivity (Wildman–Crippen MR) is 149 cm³/mol. The Hall–Kier alpha value is -4.25. The van der Waals surface area contributed by atoms with Crippen molar-refractivity contribution in [3.8, 4) is 0 Å². The first-order chi connectivity index (χ1) is 18.4. The molecule has 0 aliphatic rings. The summed E-state index contributed by atoms with van der Waals surface area (Å²) < 4.78 is 28.3. The van der Waals surface area contributed by atoms with Crippen LogP contribution in [-0.2, 0) is 26.2 Å². The lowest BCUT2D eigenvalue weighted by molar-refractivity contribution is -0.384. The number of benzene rings is 3. The predicted octanol–water partition coefficient (Wildman–Crippen LogP) is 4.04. The molecule has 0 fully saturated rings. The van der Waals surface area contributed by atoms with Crippen LogP contribution < -0.4 is 9.62 Å². The van der Waals surface area contributed by atoms with Gasteiger partial charge in [0, 0.05) is 24.7 Å². The van der Waals surface area contributed by atoms with E-state index in [1.807, 2.05) is 31.2 Å². The van der Waals surface area contributed by atoms with Gasteiger partial charge in [-0.2, -0.15) is 0 Å². The lowest BCUT2D eigenvalue weighted by atomic mass is 10.1. The van der Waals surface area contributed by atoms with E-state index in [9.17, 15) is 28.1 Å². The lowest BCUT2D eigenvalue weighted by Gasteiger charge is -2.32. The van der Waals surface area contributed by atoms with E-state index < -0.39 is 33.4 Å². The van der Waals surface area contributed by atoms with E-state index in [0.717, 1.165) is 15.4 Å². The van der Waals surface area contributed by atoms with Crippen molar-refractivity contribution in [2.75, 3.05) is 10.8 Å². The molecular formula is C28H32N4O6S. The van der Waals surface area contributed by atoms with Gasteiger partial charge in [-0.25, -0.2) is 8.42 Å². The van der Waals surface area contributed by atoms with Crippen LogP contribution in [0, 0.1) is 17.0 Å². The summed E-state index contributed by atoms with van der Waals surface area (Å²) in [6, 6.07) is 18.9. The quantitative estimate of drug-likeness (QED) is 0.282. The largest absolute Gasteiger partial charge is 0.352 e. The van der Waals surface area contributed by atoms with Crippen LogP contribution in [-0.4, -0.2) is 48.7 Å². The summed E-state index contributed by atoms with van der Waals surface area (Å²) in [4.78, 5) is 38.7. The van der Waals surface area contributed by atoms with Crippen LogP contribution in [0.4, 0.5) is 11.4 Å². The molecule has 1 atom stereocenters. The molecule has 0 spiro atoms. The molecule has 0 saturated heterocycles. The monoisotopic (exact) mass is 552 g/mol. The van der Waals surface area contributed by atoms with Crippen LogP contribution in [0.3, 0.4) is 0 Å². The van der Waals surface area contributed by atoms with Gasteiger partial charge in [0.1, 0.15) is 12.6 Å². The minimum atomic E-state index is -4.25. The zero-order chi connectivity index (χ0) is 28.7. The average molecular weight is 553 g/mol. The molecule has 39 heavy (non-hydrogen) atoms. The summed E-state index contributed by atoms with van der Waals surface area (Å²) >= 11 is 0. The van der Waals surface area contributed by atoms with E-state index in [1.54, 1.807) is 39.0 Å². The first-order valence-electron chi connectivity index (χ1n) is 12.4.